The van der Waals surface area contributed by atoms with Crippen LogP contribution in [-0.2, 0) is 4.74 Å². The van der Waals surface area contributed by atoms with Crippen molar-refractivity contribution >= 4 is 6.09 Å². The Morgan fingerprint density at radius 2 is 2.13 bits per heavy atom. The van der Waals surface area contributed by atoms with Gasteiger partial charge in [0.25, 0.3) is 0 Å². The first-order chi connectivity index (χ1) is 7.08. The SMILES string of the molecule is CCC1CC(C(C)C)CN(C(=O)OC)C1. The van der Waals surface area contributed by atoms with Crippen LogP contribution in [0.15, 0.2) is 0 Å². The molecule has 2 unspecified atom stereocenters. The van der Waals surface area contributed by atoms with E-state index in [4.69, 9.17) is 4.74 Å². The Kier molecular flexibility index (Phi) is 4.43. The molecule has 1 aliphatic rings. The first-order valence-corrected chi connectivity index (χ1v) is 5.91. The molecule has 0 spiro atoms. The van der Waals surface area contributed by atoms with Gasteiger partial charge in [0.2, 0.25) is 0 Å². The van der Waals surface area contributed by atoms with Gasteiger partial charge in [0.1, 0.15) is 0 Å². The van der Waals surface area contributed by atoms with Gasteiger partial charge in [0.15, 0.2) is 0 Å². The van der Waals surface area contributed by atoms with E-state index in [1.807, 2.05) is 4.90 Å². The number of nitrogens with zero attached hydrogens (tertiary/aromatic N) is 1. The summed E-state index contributed by atoms with van der Waals surface area (Å²) in [4.78, 5) is 13.4. The molecule has 0 aromatic rings. The lowest BCUT2D eigenvalue weighted by Gasteiger charge is -2.38. The Hall–Kier alpha value is -0.730. The zero-order valence-electron chi connectivity index (χ0n) is 10.3. The van der Waals surface area contributed by atoms with Crippen LogP contribution in [0.2, 0.25) is 0 Å². The van der Waals surface area contributed by atoms with Crippen molar-refractivity contribution in [1.29, 1.82) is 0 Å². The minimum absolute atomic E-state index is 0.168. The predicted octanol–water partition coefficient (Wildman–Crippen LogP) is 2.76. The molecule has 0 aromatic carbocycles. The molecule has 1 fully saturated rings. The fourth-order valence-electron chi connectivity index (χ4n) is 2.30. The van der Waals surface area contributed by atoms with Gasteiger partial charge in [0, 0.05) is 13.1 Å². The number of piperidine rings is 1. The normalized spacial score (nSPS) is 26.9. The number of carbonyl (C=O) groups excluding carboxylic acids is 1. The molecule has 2 atom stereocenters. The van der Waals surface area contributed by atoms with Crippen molar-refractivity contribution in [3.63, 3.8) is 0 Å². The molecule has 0 aromatic heterocycles. The van der Waals surface area contributed by atoms with E-state index in [0.717, 1.165) is 19.5 Å². The van der Waals surface area contributed by atoms with Crippen LogP contribution in [0.5, 0.6) is 0 Å². The van der Waals surface area contributed by atoms with Gasteiger partial charge in [-0.25, -0.2) is 4.79 Å². The van der Waals surface area contributed by atoms with Crippen LogP contribution in [-0.4, -0.2) is 31.2 Å². The fraction of sp³-hybridized carbons (Fsp3) is 0.917. The van der Waals surface area contributed by atoms with E-state index in [-0.39, 0.29) is 6.09 Å². The van der Waals surface area contributed by atoms with E-state index in [0.29, 0.717) is 17.8 Å². The van der Waals surface area contributed by atoms with Crippen LogP contribution in [0.3, 0.4) is 0 Å². The summed E-state index contributed by atoms with van der Waals surface area (Å²) in [5.74, 6) is 1.92. The van der Waals surface area contributed by atoms with Crippen LogP contribution < -0.4 is 0 Å². The maximum atomic E-state index is 11.5. The van der Waals surface area contributed by atoms with Crippen LogP contribution in [0.1, 0.15) is 33.6 Å². The molecule has 88 valence electrons. The molecule has 0 bridgehead atoms. The number of likely N-dealkylation sites (tertiary alicyclic amines) is 1. The summed E-state index contributed by atoms with van der Waals surface area (Å²) >= 11 is 0. The van der Waals surface area contributed by atoms with Crippen molar-refractivity contribution in [1.82, 2.24) is 4.90 Å². The van der Waals surface area contributed by atoms with Crippen molar-refractivity contribution in [3.8, 4) is 0 Å². The smallest absolute Gasteiger partial charge is 0.409 e. The molecule has 1 amide bonds. The first-order valence-electron chi connectivity index (χ1n) is 5.91. The Morgan fingerprint density at radius 3 is 2.60 bits per heavy atom. The van der Waals surface area contributed by atoms with Crippen molar-refractivity contribution in [2.75, 3.05) is 20.2 Å². The van der Waals surface area contributed by atoms with Gasteiger partial charge >= 0.3 is 6.09 Å². The quantitative estimate of drug-likeness (QED) is 0.706. The third-order valence-corrected chi connectivity index (χ3v) is 3.52. The summed E-state index contributed by atoms with van der Waals surface area (Å²) in [5.41, 5.74) is 0. The summed E-state index contributed by atoms with van der Waals surface area (Å²) in [6.45, 7) is 8.40. The standard InChI is InChI=1S/C12H23NO2/c1-5-10-6-11(9(2)3)8-13(7-10)12(14)15-4/h9-11H,5-8H2,1-4H3. The Labute approximate surface area is 92.8 Å². The molecule has 1 aliphatic heterocycles. The highest BCUT2D eigenvalue weighted by molar-refractivity contribution is 5.67. The van der Waals surface area contributed by atoms with E-state index in [2.05, 4.69) is 20.8 Å². The minimum Gasteiger partial charge on any atom is -0.453 e. The second-order valence-electron chi connectivity index (χ2n) is 4.89. The third-order valence-electron chi connectivity index (χ3n) is 3.52. The Morgan fingerprint density at radius 1 is 1.47 bits per heavy atom. The molecule has 1 rings (SSSR count). The summed E-state index contributed by atoms with van der Waals surface area (Å²) in [7, 11) is 1.46. The van der Waals surface area contributed by atoms with Gasteiger partial charge in [-0.05, 0) is 24.2 Å². The molecule has 3 heteroatoms. The lowest BCUT2D eigenvalue weighted by Crippen LogP contribution is -2.45. The van der Waals surface area contributed by atoms with Crippen LogP contribution in [0.4, 0.5) is 4.79 Å². The molecular weight excluding hydrogens is 190 g/mol. The maximum Gasteiger partial charge on any atom is 0.409 e. The van der Waals surface area contributed by atoms with E-state index in [1.165, 1.54) is 13.5 Å². The highest BCUT2D eigenvalue weighted by Gasteiger charge is 2.30. The van der Waals surface area contributed by atoms with Gasteiger partial charge in [-0.1, -0.05) is 27.2 Å². The van der Waals surface area contributed by atoms with Crippen LogP contribution in [0, 0.1) is 17.8 Å². The average molecular weight is 213 g/mol. The molecule has 15 heavy (non-hydrogen) atoms. The van der Waals surface area contributed by atoms with Crippen LogP contribution in [0.25, 0.3) is 0 Å². The molecule has 0 radical (unpaired) electrons. The lowest BCUT2D eigenvalue weighted by atomic mass is 9.81. The van der Waals surface area contributed by atoms with E-state index in [9.17, 15) is 4.79 Å². The fourth-order valence-corrected chi connectivity index (χ4v) is 2.30. The van der Waals surface area contributed by atoms with Crippen molar-refractivity contribution in [3.05, 3.63) is 0 Å². The van der Waals surface area contributed by atoms with E-state index in [1.54, 1.807) is 0 Å². The van der Waals surface area contributed by atoms with Crippen molar-refractivity contribution in [2.24, 2.45) is 17.8 Å². The second-order valence-corrected chi connectivity index (χ2v) is 4.89. The monoisotopic (exact) mass is 213 g/mol. The summed E-state index contributed by atoms with van der Waals surface area (Å²) in [6.07, 6.45) is 2.23. The summed E-state index contributed by atoms with van der Waals surface area (Å²) < 4.78 is 4.80. The number of methoxy groups -OCH3 is 1. The number of amides is 1. The highest BCUT2D eigenvalue weighted by atomic mass is 16.5. The summed E-state index contributed by atoms with van der Waals surface area (Å²) in [6, 6.07) is 0. The highest BCUT2D eigenvalue weighted by Crippen LogP contribution is 2.29. The number of rotatable bonds is 2. The molecule has 1 heterocycles. The third kappa shape index (κ3) is 3.11. The van der Waals surface area contributed by atoms with Gasteiger partial charge in [-0.15, -0.1) is 0 Å². The van der Waals surface area contributed by atoms with Gasteiger partial charge in [-0.2, -0.15) is 0 Å². The lowest BCUT2D eigenvalue weighted by molar-refractivity contribution is 0.0717. The van der Waals surface area contributed by atoms with Gasteiger partial charge < -0.3 is 9.64 Å². The number of ether oxygens (including phenoxy) is 1. The number of carbonyl (C=O) groups is 1. The zero-order valence-corrected chi connectivity index (χ0v) is 10.3. The Bertz CT molecular complexity index is 216. The van der Waals surface area contributed by atoms with Crippen molar-refractivity contribution in [2.45, 2.75) is 33.6 Å². The van der Waals surface area contributed by atoms with Gasteiger partial charge in [-0.3, -0.25) is 0 Å². The van der Waals surface area contributed by atoms with Crippen LogP contribution >= 0.6 is 0 Å². The van der Waals surface area contributed by atoms with Gasteiger partial charge in [0.05, 0.1) is 7.11 Å². The molecule has 1 saturated heterocycles. The number of hydrogen-bond acceptors (Lipinski definition) is 2. The largest absolute Gasteiger partial charge is 0.453 e. The van der Waals surface area contributed by atoms with E-state index >= 15 is 0 Å². The zero-order chi connectivity index (χ0) is 11.4. The van der Waals surface area contributed by atoms with E-state index < -0.39 is 0 Å². The molecule has 3 nitrogen and oxygen atoms in total. The average Bonchev–Trinajstić information content (AvgIpc) is 2.27. The maximum absolute atomic E-state index is 11.5. The Balaban J connectivity index is 2.62. The molecular formula is C12H23NO2. The number of hydrogen-bond donors (Lipinski definition) is 0. The minimum atomic E-state index is -0.168. The predicted molar refractivity (Wildman–Crippen MR) is 60.7 cm³/mol. The van der Waals surface area contributed by atoms with Crippen molar-refractivity contribution < 1.29 is 9.53 Å². The second kappa shape index (κ2) is 5.38. The molecule has 0 aliphatic carbocycles. The topological polar surface area (TPSA) is 29.5 Å². The summed E-state index contributed by atoms with van der Waals surface area (Å²) in [5, 5.41) is 0. The first kappa shape index (κ1) is 12.3. The molecule has 0 N–H and O–H groups in total. The molecule has 0 saturated carbocycles.